The molecule has 1 aliphatic rings. The summed E-state index contributed by atoms with van der Waals surface area (Å²) < 4.78 is 15.7. The number of aliphatic hydroxyl groups is 1. The number of carbonyl (C=O) groups excluding carboxylic acids is 2. The standard InChI is InChI=1S/C39H39N5O6/c1-25-36(39(48)44(43(25)2)31-8-4-3-5-9-31)30-20-34(50-35(21-30)49-24-28-14-12-27(23-45)13-15-28)38(47)41-22-26-16-18-29(19-17-26)37(46)42-33-11-7-6-10-32(33)40/h3-20,30,35,45H,21-24,40H2,1-2H3,(H,41,47)(H,42,46). The van der Waals surface area contributed by atoms with E-state index in [1.807, 2.05) is 73.3 Å². The van der Waals surface area contributed by atoms with Crippen LogP contribution in [-0.2, 0) is 41.1 Å². The van der Waals surface area contributed by atoms with Gasteiger partial charge in [-0.05, 0) is 66.1 Å². The van der Waals surface area contributed by atoms with Crippen LogP contribution in [0.3, 0.4) is 0 Å². The number of amides is 2. The van der Waals surface area contributed by atoms with Crippen molar-refractivity contribution < 1.29 is 24.2 Å². The van der Waals surface area contributed by atoms with Crippen molar-refractivity contribution in [2.45, 2.75) is 45.3 Å². The first-order valence-corrected chi connectivity index (χ1v) is 16.3. The average Bonchev–Trinajstić information content (AvgIpc) is 3.37. The number of nitrogens with zero attached hydrogens (tertiary/aromatic N) is 2. The van der Waals surface area contributed by atoms with Gasteiger partial charge in [0.15, 0.2) is 5.76 Å². The van der Waals surface area contributed by atoms with Gasteiger partial charge in [-0.15, -0.1) is 0 Å². The zero-order chi connectivity index (χ0) is 35.2. The van der Waals surface area contributed by atoms with E-state index >= 15 is 0 Å². The Morgan fingerprint density at radius 1 is 0.900 bits per heavy atom. The van der Waals surface area contributed by atoms with Gasteiger partial charge in [-0.3, -0.25) is 19.1 Å². The van der Waals surface area contributed by atoms with Gasteiger partial charge in [-0.2, -0.15) is 0 Å². The highest BCUT2D eigenvalue weighted by molar-refractivity contribution is 6.05. The Morgan fingerprint density at radius 2 is 1.56 bits per heavy atom. The number of nitrogen functional groups attached to an aromatic ring is 1. The summed E-state index contributed by atoms with van der Waals surface area (Å²) in [4.78, 5) is 40.2. The quantitative estimate of drug-likeness (QED) is 0.143. The van der Waals surface area contributed by atoms with E-state index in [9.17, 15) is 19.5 Å². The Bertz CT molecular complexity index is 2070. The van der Waals surface area contributed by atoms with E-state index in [1.54, 1.807) is 59.3 Å². The van der Waals surface area contributed by atoms with E-state index in [2.05, 4.69) is 10.6 Å². The maximum atomic E-state index is 13.9. The lowest BCUT2D eigenvalue weighted by atomic mass is 9.93. The molecule has 0 saturated heterocycles. The van der Waals surface area contributed by atoms with Crippen molar-refractivity contribution in [1.29, 1.82) is 0 Å². The first-order valence-electron chi connectivity index (χ1n) is 16.3. The summed E-state index contributed by atoms with van der Waals surface area (Å²) in [6.45, 7) is 2.21. The van der Waals surface area contributed by atoms with E-state index in [1.165, 1.54) is 0 Å². The monoisotopic (exact) mass is 673 g/mol. The average molecular weight is 674 g/mol. The molecule has 1 aliphatic heterocycles. The summed E-state index contributed by atoms with van der Waals surface area (Å²) in [5, 5.41) is 15.1. The van der Waals surface area contributed by atoms with Crippen LogP contribution in [0.5, 0.6) is 0 Å². The number of carbonyl (C=O) groups is 2. The maximum Gasteiger partial charge on any atom is 0.286 e. The second-order valence-corrected chi connectivity index (χ2v) is 12.1. The van der Waals surface area contributed by atoms with Crippen LogP contribution in [0, 0.1) is 6.92 Å². The third kappa shape index (κ3) is 7.54. The van der Waals surface area contributed by atoms with Gasteiger partial charge in [-0.25, -0.2) is 4.68 Å². The number of hydrogen-bond acceptors (Lipinski definition) is 7. The first-order chi connectivity index (χ1) is 24.2. The number of allylic oxidation sites excluding steroid dienone is 1. The Morgan fingerprint density at radius 3 is 2.26 bits per heavy atom. The molecule has 0 aliphatic carbocycles. The molecule has 4 aromatic carbocycles. The van der Waals surface area contributed by atoms with E-state index in [0.29, 0.717) is 28.9 Å². The molecule has 2 heterocycles. The zero-order valence-electron chi connectivity index (χ0n) is 27.8. The SMILES string of the molecule is Cc1c(C2C=C(C(=O)NCc3ccc(C(=O)Nc4ccccc4N)cc3)OC(OCc3ccc(CO)cc3)C2)c(=O)n(-c2ccccc2)n1C. The minimum atomic E-state index is -0.816. The number of benzene rings is 4. The van der Waals surface area contributed by atoms with Crippen LogP contribution >= 0.6 is 0 Å². The summed E-state index contributed by atoms with van der Waals surface area (Å²) in [5.41, 5.74) is 11.7. The smallest absolute Gasteiger partial charge is 0.286 e. The topological polar surface area (TPSA) is 150 Å². The third-order valence-corrected chi connectivity index (χ3v) is 8.77. The summed E-state index contributed by atoms with van der Waals surface area (Å²) in [7, 11) is 1.83. The van der Waals surface area contributed by atoms with Crippen molar-refractivity contribution >= 4 is 23.2 Å². The molecule has 1 aromatic heterocycles. The van der Waals surface area contributed by atoms with Gasteiger partial charge in [0.05, 0.1) is 30.3 Å². The van der Waals surface area contributed by atoms with Crippen LogP contribution in [0.15, 0.2) is 120 Å². The number of para-hydroxylation sites is 3. The van der Waals surface area contributed by atoms with Crippen molar-refractivity contribution in [2.24, 2.45) is 7.05 Å². The number of aliphatic hydroxyl groups excluding tert-OH is 1. The highest BCUT2D eigenvalue weighted by atomic mass is 16.7. The van der Waals surface area contributed by atoms with Gasteiger partial charge in [0.1, 0.15) is 0 Å². The Balaban J connectivity index is 1.20. The van der Waals surface area contributed by atoms with Gasteiger partial charge in [-0.1, -0.05) is 66.7 Å². The molecule has 0 radical (unpaired) electrons. The normalized spacial score (nSPS) is 15.5. The maximum absolute atomic E-state index is 13.9. The third-order valence-electron chi connectivity index (χ3n) is 8.77. The zero-order valence-corrected chi connectivity index (χ0v) is 27.8. The van der Waals surface area contributed by atoms with Crippen molar-refractivity contribution in [2.75, 3.05) is 11.1 Å². The predicted octanol–water partition coefficient (Wildman–Crippen LogP) is 5.06. The van der Waals surface area contributed by atoms with E-state index < -0.39 is 18.1 Å². The number of ether oxygens (including phenoxy) is 2. The molecule has 11 nitrogen and oxygen atoms in total. The summed E-state index contributed by atoms with van der Waals surface area (Å²) in [5.74, 6) is -1.18. The molecule has 5 N–H and O–H groups in total. The van der Waals surface area contributed by atoms with Crippen LogP contribution in [0.25, 0.3) is 5.69 Å². The molecule has 5 aromatic rings. The molecule has 0 saturated carbocycles. The molecule has 2 unspecified atom stereocenters. The van der Waals surface area contributed by atoms with Gasteiger partial charge in [0.25, 0.3) is 17.4 Å². The fourth-order valence-electron chi connectivity index (χ4n) is 5.91. The lowest BCUT2D eigenvalue weighted by molar-refractivity contribution is -0.150. The highest BCUT2D eigenvalue weighted by Gasteiger charge is 2.33. The van der Waals surface area contributed by atoms with Crippen molar-refractivity contribution in [3.8, 4) is 5.69 Å². The molecule has 6 rings (SSSR count). The van der Waals surface area contributed by atoms with Crippen LogP contribution in [-0.4, -0.2) is 32.6 Å². The first kappa shape index (κ1) is 34.0. The van der Waals surface area contributed by atoms with E-state index in [0.717, 1.165) is 28.1 Å². The van der Waals surface area contributed by atoms with Crippen LogP contribution in [0.2, 0.25) is 0 Å². The van der Waals surface area contributed by atoms with Gasteiger partial charge < -0.3 is 30.9 Å². The molecule has 256 valence electrons. The number of aromatic nitrogens is 2. The fourth-order valence-corrected chi connectivity index (χ4v) is 5.91. The van der Waals surface area contributed by atoms with Crippen LogP contribution in [0.1, 0.15) is 50.6 Å². The van der Waals surface area contributed by atoms with Gasteiger partial charge in [0, 0.05) is 42.8 Å². The second kappa shape index (κ2) is 15.1. The van der Waals surface area contributed by atoms with Crippen molar-refractivity contribution in [1.82, 2.24) is 14.7 Å². The number of nitrogens with two attached hydrogens (primary N) is 1. The summed E-state index contributed by atoms with van der Waals surface area (Å²) in [6.07, 6.45) is 1.19. The Hall–Kier alpha value is -5.91. The number of nitrogens with one attached hydrogen (secondary N) is 2. The Kier molecular flexibility index (Phi) is 10.3. The summed E-state index contributed by atoms with van der Waals surface area (Å²) in [6, 6.07) is 30.6. The van der Waals surface area contributed by atoms with E-state index in [4.69, 9.17) is 15.2 Å². The molecule has 0 spiro atoms. The largest absolute Gasteiger partial charge is 0.459 e. The molecule has 0 fully saturated rings. The lowest BCUT2D eigenvalue weighted by Gasteiger charge is -2.29. The second-order valence-electron chi connectivity index (χ2n) is 12.1. The molecule has 2 atom stereocenters. The van der Waals surface area contributed by atoms with Crippen molar-refractivity contribution in [3.05, 3.63) is 159 Å². The summed E-state index contributed by atoms with van der Waals surface area (Å²) >= 11 is 0. The molecular formula is C39H39N5O6. The molecular weight excluding hydrogens is 634 g/mol. The highest BCUT2D eigenvalue weighted by Crippen LogP contribution is 2.33. The minimum Gasteiger partial charge on any atom is -0.459 e. The molecule has 2 amide bonds. The molecule has 0 bridgehead atoms. The minimum absolute atomic E-state index is 0.0484. The van der Waals surface area contributed by atoms with Gasteiger partial charge in [0.2, 0.25) is 6.29 Å². The van der Waals surface area contributed by atoms with E-state index in [-0.39, 0.29) is 37.0 Å². The number of rotatable bonds is 11. The lowest BCUT2D eigenvalue weighted by Crippen LogP contribution is -2.33. The molecule has 50 heavy (non-hydrogen) atoms. The Labute approximate surface area is 289 Å². The predicted molar refractivity (Wildman–Crippen MR) is 190 cm³/mol. The number of anilines is 2. The number of hydrogen-bond donors (Lipinski definition) is 4. The van der Waals surface area contributed by atoms with Crippen molar-refractivity contribution in [3.63, 3.8) is 0 Å². The van der Waals surface area contributed by atoms with Crippen LogP contribution in [0.4, 0.5) is 11.4 Å². The van der Waals surface area contributed by atoms with Crippen LogP contribution < -0.4 is 21.9 Å². The molecule has 11 heteroatoms. The fraction of sp³-hybridized carbons (Fsp3) is 0.205. The van der Waals surface area contributed by atoms with Gasteiger partial charge >= 0.3 is 0 Å².